The molecule has 2 saturated carbocycles. The predicted molar refractivity (Wildman–Crippen MR) is 73.4 cm³/mol. The lowest BCUT2D eigenvalue weighted by Gasteiger charge is -2.41. The first-order chi connectivity index (χ1) is 8.59. The molecule has 0 aromatic rings. The van der Waals surface area contributed by atoms with Crippen LogP contribution < -0.4 is 0 Å². The van der Waals surface area contributed by atoms with Crippen molar-refractivity contribution in [2.45, 2.75) is 65.2 Å². The summed E-state index contributed by atoms with van der Waals surface area (Å²) in [5.41, 5.74) is 0. The minimum atomic E-state index is -0.534. The molecule has 0 heterocycles. The van der Waals surface area contributed by atoms with Gasteiger partial charge in [0, 0.05) is 0 Å². The van der Waals surface area contributed by atoms with Crippen molar-refractivity contribution in [1.29, 1.82) is 0 Å². The van der Waals surface area contributed by atoms with Gasteiger partial charge in [-0.1, -0.05) is 46.0 Å². The van der Waals surface area contributed by atoms with Crippen LogP contribution in [0.1, 0.15) is 65.2 Å². The van der Waals surface area contributed by atoms with E-state index in [0.29, 0.717) is 17.8 Å². The van der Waals surface area contributed by atoms with Gasteiger partial charge in [0.1, 0.15) is 0 Å². The van der Waals surface area contributed by atoms with Crippen LogP contribution in [0.5, 0.6) is 0 Å². The average molecular weight is 252 g/mol. The number of carboxylic acid groups (broad SMARTS) is 1. The van der Waals surface area contributed by atoms with E-state index in [4.69, 9.17) is 0 Å². The van der Waals surface area contributed by atoms with E-state index in [0.717, 1.165) is 18.8 Å². The van der Waals surface area contributed by atoms with E-state index in [9.17, 15) is 9.90 Å². The second-order valence-electron chi connectivity index (χ2n) is 6.82. The van der Waals surface area contributed by atoms with Gasteiger partial charge in [0.2, 0.25) is 0 Å². The number of rotatable bonds is 3. The summed E-state index contributed by atoms with van der Waals surface area (Å²) in [6.45, 7) is 4.59. The molecule has 2 heteroatoms. The molecule has 2 rings (SSSR count). The highest BCUT2D eigenvalue weighted by Gasteiger charge is 2.40. The highest BCUT2D eigenvalue weighted by Crippen LogP contribution is 2.45. The summed E-state index contributed by atoms with van der Waals surface area (Å²) in [4.78, 5) is 11.5. The fourth-order valence-corrected chi connectivity index (χ4v) is 4.23. The Kier molecular flexibility index (Phi) is 4.69. The van der Waals surface area contributed by atoms with Crippen molar-refractivity contribution in [3.05, 3.63) is 0 Å². The number of carbonyl (C=O) groups is 1. The first kappa shape index (κ1) is 13.9. The van der Waals surface area contributed by atoms with Crippen LogP contribution in [0.15, 0.2) is 0 Å². The van der Waals surface area contributed by atoms with Gasteiger partial charge in [-0.05, 0) is 42.9 Å². The quantitative estimate of drug-likeness (QED) is 0.811. The Morgan fingerprint density at radius 1 is 1.06 bits per heavy atom. The molecule has 2 fully saturated rings. The second kappa shape index (κ2) is 6.08. The summed E-state index contributed by atoms with van der Waals surface area (Å²) in [7, 11) is 0. The van der Waals surface area contributed by atoms with Crippen LogP contribution >= 0.6 is 0 Å². The van der Waals surface area contributed by atoms with Crippen LogP contribution in [0.4, 0.5) is 0 Å². The van der Waals surface area contributed by atoms with Gasteiger partial charge in [-0.3, -0.25) is 4.79 Å². The van der Waals surface area contributed by atoms with Crippen LogP contribution in [-0.2, 0) is 4.79 Å². The molecule has 3 atom stereocenters. The van der Waals surface area contributed by atoms with Gasteiger partial charge in [-0.2, -0.15) is 0 Å². The zero-order valence-corrected chi connectivity index (χ0v) is 11.9. The van der Waals surface area contributed by atoms with Crippen molar-refractivity contribution >= 4 is 5.97 Å². The maximum absolute atomic E-state index is 11.5. The molecule has 1 N–H and O–H groups in total. The van der Waals surface area contributed by atoms with E-state index in [1.54, 1.807) is 0 Å². The SMILES string of the molecule is CC(C)C1CCC(C(=O)O)C(C2CCCCC2)C1. The Balaban J connectivity index is 2.06. The van der Waals surface area contributed by atoms with Crippen LogP contribution in [0.3, 0.4) is 0 Å². The summed E-state index contributed by atoms with van der Waals surface area (Å²) in [5.74, 6) is 2.04. The molecule has 2 aliphatic carbocycles. The number of hydrogen-bond acceptors (Lipinski definition) is 1. The van der Waals surface area contributed by atoms with Gasteiger partial charge < -0.3 is 5.11 Å². The van der Waals surface area contributed by atoms with E-state index in [1.807, 2.05) is 0 Å². The monoisotopic (exact) mass is 252 g/mol. The van der Waals surface area contributed by atoms with Gasteiger partial charge >= 0.3 is 5.97 Å². The third-order valence-electron chi connectivity index (χ3n) is 5.46. The summed E-state index contributed by atoms with van der Waals surface area (Å²) in [6, 6.07) is 0. The summed E-state index contributed by atoms with van der Waals surface area (Å²) < 4.78 is 0. The Labute approximate surface area is 111 Å². The van der Waals surface area contributed by atoms with E-state index in [-0.39, 0.29) is 5.92 Å². The van der Waals surface area contributed by atoms with E-state index < -0.39 is 5.97 Å². The third kappa shape index (κ3) is 3.07. The zero-order chi connectivity index (χ0) is 13.1. The molecule has 0 aromatic heterocycles. The number of carboxylic acids is 1. The maximum atomic E-state index is 11.5. The highest BCUT2D eigenvalue weighted by atomic mass is 16.4. The molecule has 2 aliphatic rings. The Hall–Kier alpha value is -0.530. The van der Waals surface area contributed by atoms with Crippen molar-refractivity contribution in [1.82, 2.24) is 0 Å². The smallest absolute Gasteiger partial charge is 0.306 e. The molecule has 0 spiro atoms. The van der Waals surface area contributed by atoms with Crippen LogP contribution in [0, 0.1) is 29.6 Å². The third-order valence-corrected chi connectivity index (χ3v) is 5.46. The van der Waals surface area contributed by atoms with Crippen molar-refractivity contribution in [2.75, 3.05) is 0 Å². The van der Waals surface area contributed by atoms with Crippen LogP contribution in [0.2, 0.25) is 0 Å². The van der Waals surface area contributed by atoms with Gasteiger partial charge in [0.15, 0.2) is 0 Å². The molecule has 0 radical (unpaired) electrons. The fourth-order valence-electron chi connectivity index (χ4n) is 4.23. The second-order valence-corrected chi connectivity index (χ2v) is 6.82. The molecule has 2 nitrogen and oxygen atoms in total. The normalized spacial score (nSPS) is 34.7. The molecule has 0 aromatic carbocycles. The van der Waals surface area contributed by atoms with Gasteiger partial charge in [0.25, 0.3) is 0 Å². The molecule has 0 amide bonds. The van der Waals surface area contributed by atoms with Crippen LogP contribution in [0.25, 0.3) is 0 Å². The summed E-state index contributed by atoms with van der Waals surface area (Å²) in [6.07, 6.45) is 9.75. The minimum Gasteiger partial charge on any atom is -0.481 e. The topological polar surface area (TPSA) is 37.3 Å². The Morgan fingerprint density at radius 2 is 1.72 bits per heavy atom. The Morgan fingerprint density at radius 3 is 2.28 bits per heavy atom. The maximum Gasteiger partial charge on any atom is 0.306 e. The molecule has 0 aliphatic heterocycles. The zero-order valence-electron chi connectivity index (χ0n) is 11.9. The van der Waals surface area contributed by atoms with E-state index in [1.165, 1.54) is 38.5 Å². The number of aliphatic carboxylic acids is 1. The molecular weight excluding hydrogens is 224 g/mol. The molecule has 18 heavy (non-hydrogen) atoms. The largest absolute Gasteiger partial charge is 0.481 e. The van der Waals surface area contributed by atoms with Crippen molar-refractivity contribution in [2.24, 2.45) is 29.6 Å². The predicted octanol–water partition coefficient (Wildman–Crippen LogP) is 4.34. The minimum absolute atomic E-state index is 0.0527. The standard InChI is InChI=1S/C16H28O2/c1-11(2)13-8-9-14(16(17)18)15(10-13)12-6-4-3-5-7-12/h11-15H,3-10H2,1-2H3,(H,17,18). The molecule has 104 valence electrons. The molecule has 3 unspecified atom stereocenters. The van der Waals surface area contributed by atoms with Gasteiger partial charge in [0.05, 0.1) is 5.92 Å². The molecule has 0 bridgehead atoms. The lowest BCUT2D eigenvalue weighted by Crippen LogP contribution is -2.37. The summed E-state index contributed by atoms with van der Waals surface area (Å²) >= 11 is 0. The average Bonchev–Trinajstić information content (AvgIpc) is 2.39. The first-order valence-corrected chi connectivity index (χ1v) is 7.82. The first-order valence-electron chi connectivity index (χ1n) is 7.82. The summed E-state index contributed by atoms with van der Waals surface area (Å²) in [5, 5.41) is 9.46. The highest BCUT2D eigenvalue weighted by molar-refractivity contribution is 5.70. The lowest BCUT2D eigenvalue weighted by atomic mass is 9.63. The van der Waals surface area contributed by atoms with Crippen molar-refractivity contribution in [3.63, 3.8) is 0 Å². The fraction of sp³-hybridized carbons (Fsp3) is 0.938. The molecule has 0 saturated heterocycles. The van der Waals surface area contributed by atoms with Gasteiger partial charge in [-0.25, -0.2) is 0 Å². The van der Waals surface area contributed by atoms with Crippen molar-refractivity contribution < 1.29 is 9.90 Å². The Bertz CT molecular complexity index is 279. The number of hydrogen-bond donors (Lipinski definition) is 1. The lowest BCUT2D eigenvalue weighted by molar-refractivity contribution is -0.147. The van der Waals surface area contributed by atoms with Gasteiger partial charge in [-0.15, -0.1) is 0 Å². The van der Waals surface area contributed by atoms with Crippen molar-refractivity contribution in [3.8, 4) is 0 Å². The molecular formula is C16H28O2. The van der Waals surface area contributed by atoms with Crippen LogP contribution in [-0.4, -0.2) is 11.1 Å². The van der Waals surface area contributed by atoms with E-state index in [2.05, 4.69) is 13.8 Å². The van der Waals surface area contributed by atoms with E-state index >= 15 is 0 Å².